The molecule has 0 aliphatic carbocycles. The van der Waals surface area contributed by atoms with Crippen molar-refractivity contribution in [2.75, 3.05) is 39.6 Å². The summed E-state index contributed by atoms with van der Waals surface area (Å²) in [5.74, 6) is -7.92. The Balaban J connectivity index is 1.58. The van der Waals surface area contributed by atoms with E-state index in [1.165, 1.54) is 12.2 Å². The Hall–Kier alpha value is -3.42. The molecule has 79 heavy (non-hydrogen) atoms. The molecule has 28 atom stereocenters. The van der Waals surface area contributed by atoms with E-state index < -0.39 is 241 Å². The quantitative estimate of drug-likeness (QED) is 0.0399. The van der Waals surface area contributed by atoms with E-state index in [1.807, 2.05) is 0 Å². The first-order valence-corrected chi connectivity index (χ1v) is 25.0. The normalized spacial score (nSPS) is 42.6. The third kappa shape index (κ3) is 15.4. The summed E-state index contributed by atoms with van der Waals surface area (Å²) >= 11 is 0. The number of rotatable bonds is 24. The van der Waals surface area contributed by atoms with Gasteiger partial charge in [0.15, 0.2) is 25.2 Å². The van der Waals surface area contributed by atoms with Gasteiger partial charge in [-0.15, -0.1) is 0 Å². The summed E-state index contributed by atoms with van der Waals surface area (Å²) in [5, 5.41) is 192. The summed E-state index contributed by atoms with van der Waals surface area (Å²) in [6.07, 6.45) is -47.6. The fourth-order valence-corrected chi connectivity index (χ4v) is 9.67. The van der Waals surface area contributed by atoms with Crippen molar-refractivity contribution in [1.82, 2.24) is 16.0 Å². The maximum atomic E-state index is 13.6. The molecule has 20 N–H and O–H groups in total. The molecule has 5 rings (SSSR count). The Morgan fingerprint density at radius 2 is 1.10 bits per heavy atom. The number of amides is 3. The molecule has 0 spiro atoms. The molecule has 0 aromatic rings. The van der Waals surface area contributed by atoms with Crippen molar-refractivity contribution in [3.05, 3.63) is 12.2 Å². The minimum atomic E-state index is -3.37. The molecule has 5 heterocycles. The van der Waals surface area contributed by atoms with Gasteiger partial charge in [0.2, 0.25) is 17.7 Å². The molecule has 5 aliphatic heterocycles. The lowest BCUT2D eigenvalue weighted by atomic mass is 9.88. The first-order valence-electron chi connectivity index (χ1n) is 25.0. The molecule has 0 aromatic carbocycles. The highest BCUT2D eigenvalue weighted by Gasteiger charge is 2.62. The fourth-order valence-electron chi connectivity index (χ4n) is 9.67. The Morgan fingerprint density at radius 3 is 1.66 bits per heavy atom. The maximum absolute atomic E-state index is 13.6. The number of hydrogen-bond acceptors (Lipinski definition) is 30. The molecule has 34 nitrogen and oxygen atoms in total. The third-order valence-electron chi connectivity index (χ3n) is 13.7. The highest BCUT2D eigenvalue weighted by Crippen LogP contribution is 2.41. The van der Waals surface area contributed by atoms with Crippen LogP contribution in [-0.2, 0) is 66.5 Å². The van der Waals surface area contributed by atoms with E-state index in [-0.39, 0.29) is 0 Å². The second-order valence-corrected chi connectivity index (χ2v) is 19.5. The van der Waals surface area contributed by atoms with Crippen molar-refractivity contribution < 1.29 is 153 Å². The van der Waals surface area contributed by atoms with E-state index in [1.54, 1.807) is 6.92 Å². The van der Waals surface area contributed by atoms with Crippen LogP contribution in [0.5, 0.6) is 0 Å². The summed E-state index contributed by atoms with van der Waals surface area (Å²) in [6, 6.07) is -4.79. The molecule has 3 amide bonds. The molecule has 5 saturated heterocycles. The van der Waals surface area contributed by atoms with Gasteiger partial charge in [0.25, 0.3) is 5.79 Å². The zero-order chi connectivity index (χ0) is 59.0. The largest absolute Gasteiger partial charge is 0.477 e. The van der Waals surface area contributed by atoms with Crippen molar-refractivity contribution in [2.45, 2.75) is 205 Å². The van der Waals surface area contributed by atoms with E-state index >= 15 is 0 Å². The summed E-state index contributed by atoms with van der Waals surface area (Å²) < 4.78 is 58.5. The molecular formula is C45H75N3O31. The Bertz CT molecular complexity index is 2000. The molecule has 0 saturated carbocycles. The van der Waals surface area contributed by atoms with Gasteiger partial charge >= 0.3 is 5.97 Å². The van der Waals surface area contributed by atoms with Crippen LogP contribution in [0.1, 0.15) is 34.1 Å². The van der Waals surface area contributed by atoms with Crippen molar-refractivity contribution in [2.24, 2.45) is 0 Å². The van der Waals surface area contributed by atoms with Gasteiger partial charge in [0, 0.05) is 27.2 Å². The van der Waals surface area contributed by atoms with Crippen LogP contribution in [0.2, 0.25) is 0 Å². The number of aliphatic hydroxyl groups excluding tert-OH is 16. The maximum Gasteiger partial charge on any atom is 0.364 e. The van der Waals surface area contributed by atoms with E-state index in [4.69, 9.17) is 47.4 Å². The standard InChI is InChI=1S/C45H75N3O31/c1-5-6-18(57)17(46-14(2)54)13-70-41-33(66)31(64)35(23(11-52)73-41)75-43-34(67)39(79-45(44(68)69)7-19(58)25(47-15(3)55)38(78-45)27(60)20(59)8-49)36(24(12-53)74-43)76-40-26(48-16(4)56)37(29(62)22(10-51)71-40)77-42-32(65)30(63)28(61)21(9-50)72-42/h5-6,17-43,49-53,57-67H,7-13H2,1-4H3,(H,46,54)(H,47,55)(H,48,56)(H,68,69)/b6-5+/t17-,18+,19-,20+,21+,22+,23+,24+,25+,26+,27+,28-,29-,30-,31+,32+,33+,34+,35+,36-,37+,38+,39+,40-,41+,42-,43-,45-/m0/s1. The zero-order valence-electron chi connectivity index (χ0n) is 43.0. The van der Waals surface area contributed by atoms with Gasteiger partial charge in [-0.2, -0.15) is 0 Å². The summed E-state index contributed by atoms with van der Waals surface area (Å²) in [5.41, 5.74) is 0. The topological polar surface area (TPSA) is 541 Å². The molecule has 5 aliphatic rings. The van der Waals surface area contributed by atoms with Crippen LogP contribution < -0.4 is 16.0 Å². The van der Waals surface area contributed by atoms with Gasteiger partial charge in [0.1, 0.15) is 116 Å². The van der Waals surface area contributed by atoms with Crippen molar-refractivity contribution >= 4 is 23.7 Å². The van der Waals surface area contributed by atoms with Crippen molar-refractivity contribution in [1.29, 1.82) is 0 Å². The zero-order valence-corrected chi connectivity index (χ0v) is 43.0. The summed E-state index contributed by atoms with van der Waals surface area (Å²) in [6.45, 7) is -1.45. The smallest absolute Gasteiger partial charge is 0.364 e. The van der Waals surface area contributed by atoms with Crippen molar-refractivity contribution in [3.63, 3.8) is 0 Å². The predicted molar refractivity (Wildman–Crippen MR) is 249 cm³/mol. The second kappa shape index (κ2) is 29.2. The lowest BCUT2D eigenvalue weighted by molar-refractivity contribution is -0.403. The van der Waals surface area contributed by atoms with Crippen LogP contribution in [0, 0.1) is 0 Å². The highest BCUT2D eigenvalue weighted by molar-refractivity contribution is 5.77. The van der Waals surface area contributed by atoms with Gasteiger partial charge < -0.3 is 150 Å². The Labute approximate surface area is 449 Å². The van der Waals surface area contributed by atoms with Gasteiger partial charge in [0.05, 0.1) is 63.9 Å². The van der Waals surface area contributed by atoms with Crippen LogP contribution >= 0.6 is 0 Å². The number of carboxylic acid groups (broad SMARTS) is 1. The molecule has 456 valence electrons. The third-order valence-corrected chi connectivity index (χ3v) is 13.7. The predicted octanol–water partition coefficient (Wildman–Crippen LogP) is -12.0. The molecular weight excluding hydrogens is 1080 g/mol. The Kier molecular flexibility index (Phi) is 24.5. The lowest BCUT2D eigenvalue weighted by Gasteiger charge is -2.52. The second-order valence-electron chi connectivity index (χ2n) is 19.5. The molecule has 0 aromatic heterocycles. The minimum absolute atomic E-state index is 0.553. The minimum Gasteiger partial charge on any atom is -0.477 e. The van der Waals surface area contributed by atoms with E-state index in [9.17, 15) is 106 Å². The number of ether oxygens (including phenoxy) is 10. The number of aliphatic carboxylic acids is 1. The lowest BCUT2D eigenvalue weighted by Crippen LogP contribution is -2.72. The van der Waals surface area contributed by atoms with E-state index in [0.29, 0.717) is 0 Å². The van der Waals surface area contributed by atoms with E-state index in [0.717, 1.165) is 20.8 Å². The first-order chi connectivity index (χ1) is 37.2. The first kappa shape index (κ1) is 66.4. The van der Waals surface area contributed by atoms with Gasteiger partial charge in [-0.1, -0.05) is 12.2 Å². The number of nitrogens with one attached hydrogen (secondary N) is 3. The van der Waals surface area contributed by atoms with Gasteiger partial charge in [-0.25, -0.2) is 4.79 Å². The molecule has 0 unspecified atom stereocenters. The molecule has 5 fully saturated rings. The highest BCUT2D eigenvalue weighted by atomic mass is 16.8. The van der Waals surface area contributed by atoms with Crippen LogP contribution in [0.25, 0.3) is 0 Å². The van der Waals surface area contributed by atoms with Gasteiger partial charge in [-0.3, -0.25) is 14.4 Å². The number of carbonyl (C=O) groups excluding carboxylic acids is 3. The fraction of sp³-hybridized carbons (Fsp3) is 0.867. The number of allylic oxidation sites excluding steroid dienone is 1. The number of aliphatic hydroxyl groups is 16. The average molecular weight is 1150 g/mol. The van der Waals surface area contributed by atoms with Crippen molar-refractivity contribution in [3.8, 4) is 0 Å². The average Bonchev–Trinajstić information content (AvgIpc) is 3.50. The molecule has 34 heteroatoms. The van der Waals surface area contributed by atoms with Gasteiger partial charge in [-0.05, 0) is 6.92 Å². The summed E-state index contributed by atoms with van der Waals surface area (Å²) in [7, 11) is 0. The van der Waals surface area contributed by atoms with Crippen LogP contribution in [-0.4, -0.2) is 321 Å². The summed E-state index contributed by atoms with van der Waals surface area (Å²) in [4.78, 5) is 50.6. The van der Waals surface area contributed by atoms with Crippen LogP contribution in [0.15, 0.2) is 12.2 Å². The van der Waals surface area contributed by atoms with Crippen LogP contribution in [0.4, 0.5) is 0 Å². The monoisotopic (exact) mass is 1150 g/mol. The SMILES string of the molecule is C/C=C/[C@@H](O)[C@H](CO[C@@H]1O[C@H](CO)[C@@H](O[C@@H]2O[C@H](CO)[C@H](O[C@@H]3O[C@H](CO)[C@H](O)[C@H](O[C@@H]4O[C@H](CO)[C@H](O)[C@H](O)[C@H]4O)[C@H]3NC(C)=O)[C@H](O[C@]3(C(=O)O)C[C@H](O)[C@@H](NC(C)=O)[C@H]([C@H](O)[C@H](O)CO)O3)[C@H]2O)[C@H](O)[C@H]1O)NC(C)=O. The Morgan fingerprint density at radius 1 is 0.595 bits per heavy atom. The molecule has 0 radical (unpaired) electrons. The number of carbonyl (C=O) groups is 4. The van der Waals surface area contributed by atoms with Crippen LogP contribution in [0.3, 0.4) is 0 Å². The number of hydrogen-bond donors (Lipinski definition) is 20. The molecule has 0 bridgehead atoms. The van der Waals surface area contributed by atoms with E-state index in [2.05, 4.69) is 16.0 Å². The number of carboxylic acids is 1.